The number of hydrogen-bond acceptors (Lipinski definition) is 1. The van der Waals surface area contributed by atoms with Crippen molar-refractivity contribution in [2.24, 2.45) is 23.7 Å². The first-order valence-electron chi connectivity index (χ1n) is 8.44. The molecule has 0 bridgehead atoms. The normalized spacial score (nSPS) is 38.8. The van der Waals surface area contributed by atoms with Crippen LogP contribution in [0.3, 0.4) is 0 Å². The molecule has 20 heavy (non-hydrogen) atoms. The van der Waals surface area contributed by atoms with E-state index in [9.17, 15) is 0 Å². The molecule has 1 nitrogen and oxygen atoms in total. The monoisotopic (exact) mass is 270 g/mol. The molecule has 108 valence electrons. The number of benzene rings is 1. The van der Waals surface area contributed by atoms with E-state index in [1.54, 1.807) is 18.2 Å². The second kappa shape index (κ2) is 4.79. The molecule has 0 radical (unpaired) electrons. The Morgan fingerprint density at radius 3 is 2.65 bits per heavy atom. The van der Waals surface area contributed by atoms with Crippen molar-refractivity contribution in [1.29, 1.82) is 0 Å². The van der Waals surface area contributed by atoms with Crippen LogP contribution in [0.25, 0.3) is 0 Å². The topological polar surface area (TPSA) is 9.23 Å². The first-order valence-corrected chi connectivity index (χ1v) is 8.44. The van der Waals surface area contributed by atoms with Gasteiger partial charge in [0.15, 0.2) is 0 Å². The fourth-order valence-electron chi connectivity index (χ4n) is 5.63. The first-order chi connectivity index (χ1) is 9.78. The average Bonchev–Trinajstić information content (AvgIpc) is 2.88. The molecule has 5 atom stereocenters. The van der Waals surface area contributed by atoms with E-state index >= 15 is 0 Å². The van der Waals surface area contributed by atoms with E-state index in [1.807, 2.05) is 0 Å². The summed E-state index contributed by atoms with van der Waals surface area (Å²) in [7, 11) is 1.78. The Hall–Kier alpha value is -0.980. The summed E-state index contributed by atoms with van der Waals surface area (Å²) in [4.78, 5) is 0. The van der Waals surface area contributed by atoms with Crippen LogP contribution in [0.1, 0.15) is 56.1 Å². The zero-order valence-corrected chi connectivity index (χ0v) is 12.8. The van der Waals surface area contributed by atoms with Gasteiger partial charge in [0.25, 0.3) is 0 Å². The second-order valence-corrected chi connectivity index (χ2v) is 7.33. The van der Waals surface area contributed by atoms with Gasteiger partial charge in [0.2, 0.25) is 0 Å². The minimum absolute atomic E-state index is 0.844. The molecule has 4 rings (SSSR count). The SMILES string of the molecule is COc1ccc2c(c1)CC[C@H]1[C@@H]3CCC(C)[C@H]3CC[C@H]21. The van der Waals surface area contributed by atoms with Gasteiger partial charge in [0.05, 0.1) is 7.11 Å². The molecule has 0 amide bonds. The van der Waals surface area contributed by atoms with E-state index in [1.165, 1.54) is 38.5 Å². The third-order valence-electron chi connectivity index (χ3n) is 6.61. The molecule has 1 aromatic rings. The van der Waals surface area contributed by atoms with E-state index in [0.29, 0.717) is 0 Å². The number of methoxy groups -OCH3 is 1. The van der Waals surface area contributed by atoms with Crippen molar-refractivity contribution in [1.82, 2.24) is 0 Å². The van der Waals surface area contributed by atoms with Gasteiger partial charge in [0, 0.05) is 0 Å². The standard InChI is InChI=1S/C19H26O/c1-12-3-6-17-15(12)9-10-18-16-8-5-14(20-2)11-13(16)4-7-19(17)18/h5,8,11-12,15,17-19H,3-4,6-7,9-10H2,1-2H3/t12?,15-,17-,18-,19+/m1/s1. The van der Waals surface area contributed by atoms with Crippen LogP contribution in [0.4, 0.5) is 0 Å². The molecule has 3 aliphatic rings. The molecule has 0 heterocycles. The number of aryl methyl sites for hydroxylation is 1. The summed E-state index contributed by atoms with van der Waals surface area (Å²) in [5.74, 6) is 5.90. The Morgan fingerprint density at radius 2 is 1.80 bits per heavy atom. The van der Waals surface area contributed by atoms with Crippen LogP contribution in [-0.4, -0.2) is 7.11 Å². The molecule has 0 aliphatic heterocycles. The number of fused-ring (bicyclic) bond motifs is 5. The van der Waals surface area contributed by atoms with Crippen LogP contribution < -0.4 is 4.74 Å². The fourth-order valence-corrected chi connectivity index (χ4v) is 5.63. The fraction of sp³-hybridized carbons (Fsp3) is 0.684. The second-order valence-electron chi connectivity index (χ2n) is 7.33. The van der Waals surface area contributed by atoms with Gasteiger partial charge in [-0.2, -0.15) is 0 Å². The molecular formula is C19H26O. The summed E-state index contributed by atoms with van der Waals surface area (Å²) in [6.07, 6.45) is 8.56. The minimum Gasteiger partial charge on any atom is -0.497 e. The number of rotatable bonds is 1. The summed E-state index contributed by atoms with van der Waals surface area (Å²) in [6, 6.07) is 6.82. The summed E-state index contributed by atoms with van der Waals surface area (Å²) in [5.41, 5.74) is 3.22. The van der Waals surface area contributed by atoms with Crippen LogP contribution in [0, 0.1) is 23.7 Å². The van der Waals surface area contributed by atoms with Crippen LogP contribution in [-0.2, 0) is 6.42 Å². The third kappa shape index (κ3) is 1.82. The van der Waals surface area contributed by atoms with E-state index in [4.69, 9.17) is 4.74 Å². The smallest absolute Gasteiger partial charge is 0.119 e. The van der Waals surface area contributed by atoms with Crippen molar-refractivity contribution in [2.75, 3.05) is 7.11 Å². The first kappa shape index (κ1) is 12.7. The highest BCUT2D eigenvalue weighted by Crippen LogP contribution is 2.56. The maximum Gasteiger partial charge on any atom is 0.119 e. The van der Waals surface area contributed by atoms with Crippen molar-refractivity contribution < 1.29 is 4.74 Å². The Kier molecular flexibility index (Phi) is 3.05. The molecule has 0 spiro atoms. The van der Waals surface area contributed by atoms with Crippen LogP contribution in [0.15, 0.2) is 18.2 Å². The Balaban J connectivity index is 1.66. The van der Waals surface area contributed by atoms with Gasteiger partial charge in [-0.05, 0) is 85.0 Å². The van der Waals surface area contributed by atoms with Crippen molar-refractivity contribution in [2.45, 2.75) is 51.4 Å². The maximum atomic E-state index is 5.40. The van der Waals surface area contributed by atoms with Crippen molar-refractivity contribution in [3.05, 3.63) is 29.3 Å². The zero-order valence-electron chi connectivity index (χ0n) is 12.8. The van der Waals surface area contributed by atoms with Crippen molar-refractivity contribution >= 4 is 0 Å². The van der Waals surface area contributed by atoms with Gasteiger partial charge in [-0.15, -0.1) is 0 Å². The lowest BCUT2D eigenvalue weighted by molar-refractivity contribution is 0.119. The molecule has 3 aliphatic carbocycles. The Labute approximate surface area is 122 Å². The van der Waals surface area contributed by atoms with Gasteiger partial charge in [-0.1, -0.05) is 19.4 Å². The highest BCUT2D eigenvalue weighted by Gasteiger charge is 2.46. The van der Waals surface area contributed by atoms with E-state index in [-0.39, 0.29) is 0 Å². The lowest BCUT2D eigenvalue weighted by Crippen LogP contribution is -2.35. The van der Waals surface area contributed by atoms with E-state index < -0.39 is 0 Å². The van der Waals surface area contributed by atoms with Crippen LogP contribution in [0.2, 0.25) is 0 Å². The molecule has 1 heteroatoms. The summed E-state index contributed by atoms with van der Waals surface area (Å²) < 4.78 is 5.40. The number of hydrogen-bond donors (Lipinski definition) is 0. The quantitative estimate of drug-likeness (QED) is 0.712. The lowest BCUT2D eigenvalue weighted by atomic mass is 9.60. The summed E-state index contributed by atoms with van der Waals surface area (Å²) >= 11 is 0. The molecule has 0 aromatic heterocycles. The number of ether oxygens (including phenoxy) is 1. The minimum atomic E-state index is 0.844. The van der Waals surface area contributed by atoms with Crippen molar-refractivity contribution in [3.8, 4) is 5.75 Å². The van der Waals surface area contributed by atoms with Gasteiger partial charge in [0.1, 0.15) is 5.75 Å². The van der Waals surface area contributed by atoms with Gasteiger partial charge in [-0.3, -0.25) is 0 Å². The zero-order chi connectivity index (χ0) is 13.7. The Morgan fingerprint density at radius 1 is 0.950 bits per heavy atom. The predicted octanol–water partition coefficient (Wildman–Crippen LogP) is 4.80. The molecule has 1 unspecified atom stereocenters. The largest absolute Gasteiger partial charge is 0.497 e. The highest BCUT2D eigenvalue weighted by molar-refractivity contribution is 5.40. The maximum absolute atomic E-state index is 5.40. The highest BCUT2D eigenvalue weighted by atomic mass is 16.5. The van der Waals surface area contributed by atoms with Crippen LogP contribution in [0.5, 0.6) is 5.75 Å². The molecule has 1 aromatic carbocycles. The summed E-state index contributed by atoms with van der Waals surface area (Å²) in [5, 5.41) is 0. The lowest BCUT2D eigenvalue weighted by Gasteiger charge is -2.45. The van der Waals surface area contributed by atoms with Crippen LogP contribution >= 0.6 is 0 Å². The molecule has 2 fully saturated rings. The van der Waals surface area contributed by atoms with Gasteiger partial charge >= 0.3 is 0 Å². The van der Waals surface area contributed by atoms with Gasteiger partial charge < -0.3 is 4.74 Å². The van der Waals surface area contributed by atoms with E-state index in [2.05, 4.69) is 25.1 Å². The predicted molar refractivity (Wildman–Crippen MR) is 82.2 cm³/mol. The van der Waals surface area contributed by atoms with Gasteiger partial charge in [-0.25, -0.2) is 0 Å². The molecular weight excluding hydrogens is 244 g/mol. The van der Waals surface area contributed by atoms with Crippen molar-refractivity contribution in [3.63, 3.8) is 0 Å². The van der Waals surface area contributed by atoms with E-state index in [0.717, 1.165) is 35.3 Å². The molecule has 0 N–H and O–H groups in total. The molecule has 0 saturated heterocycles. The average molecular weight is 270 g/mol. The summed E-state index contributed by atoms with van der Waals surface area (Å²) in [6.45, 7) is 2.49. The third-order valence-corrected chi connectivity index (χ3v) is 6.61. The Bertz CT molecular complexity index is 506. The molecule has 2 saturated carbocycles.